The summed E-state index contributed by atoms with van der Waals surface area (Å²) >= 11 is 0. The summed E-state index contributed by atoms with van der Waals surface area (Å²) in [6.45, 7) is 0.418. The standard InChI is InChI=1S/C11H17N3O2S/c1-14(2)10-8-9(4-5-12-10)11(15)13-6-7-17(3)16/h4-5,8H,6-7H2,1-3H3,(H,13,15). The second-order valence-electron chi connectivity index (χ2n) is 3.83. The molecule has 17 heavy (non-hydrogen) atoms. The Morgan fingerprint density at radius 3 is 2.82 bits per heavy atom. The van der Waals surface area contributed by atoms with Crippen molar-refractivity contribution < 1.29 is 9.00 Å². The van der Waals surface area contributed by atoms with Crippen LogP contribution >= 0.6 is 0 Å². The van der Waals surface area contributed by atoms with Crippen LogP contribution in [0.25, 0.3) is 0 Å². The number of pyridine rings is 1. The number of carbonyl (C=O) groups is 1. The second-order valence-corrected chi connectivity index (χ2v) is 5.38. The number of rotatable bonds is 5. The molecule has 0 saturated carbocycles. The van der Waals surface area contributed by atoms with Gasteiger partial charge in [-0.3, -0.25) is 9.00 Å². The van der Waals surface area contributed by atoms with Crippen LogP contribution in [0.1, 0.15) is 10.4 Å². The molecule has 0 aliphatic rings. The summed E-state index contributed by atoms with van der Waals surface area (Å²) in [4.78, 5) is 17.7. The number of nitrogens with zero attached hydrogens (tertiary/aromatic N) is 2. The van der Waals surface area contributed by atoms with E-state index in [2.05, 4.69) is 10.3 Å². The number of hydrogen-bond donors (Lipinski definition) is 1. The van der Waals surface area contributed by atoms with Crippen molar-refractivity contribution >= 4 is 22.5 Å². The zero-order valence-corrected chi connectivity index (χ0v) is 11.1. The van der Waals surface area contributed by atoms with E-state index in [1.54, 1.807) is 24.6 Å². The maximum atomic E-state index is 11.7. The lowest BCUT2D eigenvalue weighted by Gasteiger charge is -2.12. The lowest BCUT2D eigenvalue weighted by molar-refractivity contribution is 0.0956. The second kappa shape index (κ2) is 6.34. The van der Waals surface area contributed by atoms with E-state index in [1.807, 2.05) is 19.0 Å². The van der Waals surface area contributed by atoms with Crippen LogP contribution in [-0.4, -0.2) is 47.7 Å². The third kappa shape index (κ3) is 4.52. The zero-order chi connectivity index (χ0) is 12.8. The first-order valence-corrected chi connectivity index (χ1v) is 6.95. The van der Waals surface area contributed by atoms with E-state index in [4.69, 9.17) is 0 Å². The van der Waals surface area contributed by atoms with Crippen molar-refractivity contribution in [3.8, 4) is 0 Å². The first-order valence-electron chi connectivity index (χ1n) is 5.22. The summed E-state index contributed by atoms with van der Waals surface area (Å²) in [5.74, 6) is 1.04. The van der Waals surface area contributed by atoms with Gasteiger partial charge in [0.2, 0.25) is 0 Å². The Bertz CT molecular complexity index is 421. The molecule has 1 aromatic heterocycles. The van der Waals surface area contributed by atoms with Gasteiger partial charge in [-0.15, -0.1) is 0 Å². The predicted octanol–water partition coefficient (Wildman–Crippen LogP) is 0.256. The molecule has 1 rings (SSSR count). The van der Waals surface area contributed by atoms with Crippen LogP contribution in [0.4, 0.5) is 5.82 Å². The SMILES string of the molecule is CN(C)c1cc(C(=O)NCCS(C)=O)ccn1. The minimum absolute atomic E-state index is 0.166. The Kier molecular flexibility index (Phi) is 5.09. The molecule has 1 atom stereocenters. The van der Waals surface area contributed by atoms with Crippen LogP contribution in [0.3, 0.4) is 0 Å². The summed E-state index contributed by atoms with van der Waals surface area (Å²) in [6.07, 6.45) is 3.21. The van der Waals surface area contributed by atoms with Crippen molar-refractivity contribution in [2.24, 2.45) is 0 Å². The molecule has 0 radical (unpaired) electrons. The molecule has 94 valence electrons. The quantitative estimate of drug-likeness (QED) is 0.819. The molecule has 6 heteroatoms. The minimum Gasteiger partial charge on any atom is -0.363 e. The van der Waals surface area contributed by atoms with Crippen LogP contribution < -0.4 is 10.2 Å². The van der Waals surface area contributed by atoms with Crippen LogP contribution in [0, 0.1) is 0 Å². The molecule has 0 bridgehead atoms. The summed E-state index contributed by atoms with van der Waals surface area (Å²) in [7, 11) is 2.85. The minimum atomic E-state index is -0.885. The lowest BCUT2D eigenvalue weighted by Crippen LogP contribution is -2.27. The van der Waals surface area contributed by atoms with Crippen LogP contribution in [0.15, 0.2) is 18.3 Å². The Labute approximate surface area is 104 Å². The Hall–Kier alpha value is -1.43. The summed E-state index contributed by atoms with van der Waals surface area (Å²) in [5, 5.41) is 2.72. The predicted molar refractivity (Wildman–Crippen MR) is 69.8 cm³/mol. The van der Waals surface area contributed by atoms with E-state index in [0.29, 0.717) is 17.9 Å². The largest absolute Gasteiger partial charge is 0.363 e. The summed E-state index contributed by atoms with van der Waals surface area (Å²) in [6, 6.07) is 3.38. The molecule has 0 fully saturated rings. The molecule has 0 aromatic carbocycles. The maximum Gasteiger partial charge on any atom is 0.251 e. The highest BCUT2D eigenvalue weighted by molar-refractivity contribution is 7.84. The van der Waals surface area contributed by atoms with E-state index < -0.39 is 10.8 Å². The lowest BCUT2D eigenvalue weighted by atomic mass is 10.2. The van der Waals surface area contributed by atoms with Gasteiger partial charge < -0.3 is 10.2 Å². The normalized spacial score (nSPS) is 11.9. The van der Waals surface area contributed by atoms with Gasteiger partial charge in [-0.1, -0.05) is 0 Å². The van der Waals surface area contributed by atoms with E-state index in [0.717, 1.165) is 5.82 Å². The van der Waals surface area contributed by atoms with Crippen molar-refractivity contribution in [1.29, 1.82) is 0 Å². The molecule has 0 saturated heterocycles. The molecule has 1 unspecified atom stereocenters. The van der Waals surface area contributed by atoms with E-state index >= 15 is 0 Å². The van der Waals surface area contributed by atoms with Crippen molar-refractivity contribution in [2.45, 2.75) is 0 Å². The fourth-order valence-corrected chi connectivity index (χ4v) is 1.60. The third-order valence-corrected chi connectivity index (χ3v) is 2.92. The number of anilines is 1. The van der Waals surface area contributed by atoms with Gasteiger partial charge in [0.25, 0.3) is 5.91 Å². The molecular weight excluding hydrogens is 238 g/mol. The molecule has 1 aromatic rings. The van der Waals surface area contributed by atoms with Crippen LogP contribution in [-0.2, 0) is 10.8 Å². The maximum absolute atomic E-state index is 11.7. The first-order chi connectivity index (χ1) is 8.00. The van der Waals surface area contributed by atoms with Gasteiger partial charge in [-0.25, -0.2) is 4.98 Å². The Morgan fingerprint density at radius 1 is 1.53 bits per heavy atom. The molecule has 1 heterocycles. The first kappa shape index (κ1) is 13.6. The van der Waals surface area contributed by atoms with Gasteiger partial charge in [0.05, 0.1) is 0 Å². The smallest absolute Gasteiger partial charge is 0.251 e. The fraction of sp³-hybridized carbons (Fsp3) is 0.455. The van der Waals surface area contributed by atoms with Crippen molar-refractivity contribution in [1.82, 2.24) is 10.3 Å². The Morgan fingerprint density at radius 2 is 2.24 bits per heavy atom. The van der Waals surface area contributed by atoms with E-state index in [9.17, 15) is 9.00 Å². The molecule has 1 amide bonds. The van der Waals surface area contributed by atoms with Gasteiger partial charge in [-0.2, -0.15) is 0 Å². The highest BCUT2D eigenvalue weighted by Crippen LogP contribution is 2.09. The third-order valence-electron chi connectivity index (χ3n) is 2.14. The fourth-order valence-electron chi connectivity index (χ4n) is 1.21. The van der Waals surface area contributed by atoms with Gasteiger partial charge in [0, 0.05) is 55.2 Å². The molecule has 5 nitrogen and oxygen atoms in total. The van der Waals surface area contributed by atoms with Crippen molar-refractivity contribution in [2.75, 3.05) is 37.5 Å². The number of carbonyl (C=O) groups excluding carboxylic acids is 1. The average Bonchev–Trinajstić information content (AvgIpc) is 2.28. The monoisotopic (exact) mass is 255 g/mol. The van der Waals surface area contributed by atoms with Crippen molar-refractivity contribution in [3.63, 3.8) is 0 Å². The molecule has 0 aliphatic carbocycles. The van der Waals surface area contributed by atoms with Gasteiger partial charge in [0.1, 0.15) is 5.82 Å². The highest BCUT2D eigenvalue weighted by Gasteiger charge is 2.07. The van der Waals surface area contributed by atoms with Gasteiger partial charge >= 0.3 is 0 Å². The van der Waals surface area contributed by atoms with E-state index in [1.165, 1.54) is 0 Å². The highest BCUT2D eigenvalue weighted by atomic mass is 32.2. The van der Waals surface area contributed by atoms with Crippen LogP contribution in [0.5, 0.6) is 0 Å². The average molecular weight is 255 g/mol. The topological polar surface area (TPSA) is 62.3 Å². The van der Waals surface area contributed by atoms with Gasteiger partial charge in [0.15, 0.2) is 0 Å². The number of nitrogens with one attached hydrogen (secondary N) is 1. The Balaban J connectivity index is 2.62. The molecule has 0 spiro atoms. The van der Waals surface area contributed by atoms with Gasteiger partial charge in [-0.05, 0) is 12.1 Å². The molecule has 1 N–H and O–H groups in total. The molecule has 0 aliphatic heterocycles. The zero-order valence-electron chi connectivity index (χ0n) is 10.3. The summed E-state index contributed by atoms with van der Waals surface area (Å²) < 4.78 is 10.8. The van der Waals surface area contributed by atoms with E-state index in [-0.39, 0.29) is 5.91 Å². The van der Waals surface area contributed by atoms with Crippen molar-refractivity contribution in [3.05, 3.63) is 23.9 Å². The van der Waals surface area contributed by atoms with Crippen LogP contribution in [0.2, 0.25) is 0 Å². The molecular formula is C11H17N3O2S. The summed E-state index contributed by atoms with van der Waals surface area (Å²) in [5.41, 5.74) is 0.561. The number of amides is 1. The number of aromatic nitrogens is 1. The number of hydrogen-bond acceptors (Lipinski definition) is 4.